The van der Waals surface area contributed by atoms with Gasteiger partial charge >= 0.3 is 0 Å². The summed E-state index contributed by atoms with van der Waals surface area (Å²) in [5.74, 6) is 0. The predicted octanol–water partition coefficient (Wildman–Crippen LogP) is 13.7. The maximum Gasteiger partial charge on any atom is 0.0906 e. The highest BCUT2D eigenvalue weighted by Gasteiger charge is 2.23. The van der Waals surface area contributed by atoms with E-state index in [4.69, 9.17) is 4.99 Å². The van der Waals surface area contributed by atoms with Crippen LogP contribution in [0.1, 0.15) is 11.1 Å². The van der Waals surface area contributed by atoms with Crippen molar-refractivity contribution in [3.05, 3.63) is 211 Å². The molecule has 280 valence electrons. The van der Waals surface area contributed by atoms with Gasteiger partial charge in [-0.05, 0) is 81.4 Å². The zero-order valence-electron chi connectivity index (χ0n) is 32.5. The average Bonchev–Trinajstić information content (AvgIpc) is 3.88. The summed E-state index contributed by atoms with van der Waals surface area (Å²) in [7, 11) is 0. The van der Waals surface area contributed by atoms with Gasteiger partial charge in [-0.25, -0.2) is 0 Å². The molecule has 0 spiro atoms. The first-order valence-corrected chi connectivity index (χ1v) is 20.2. The second-order valence-electron chi connectivity index (χ2n) is 15.2. The molecule has 0 aliphatic carbocycles. The van der Waals surface area contributed by atoms with Crippen molar-refractivity contribution in [3.63, 3.8) is 0 Å². The molecule has 0 fully saturated rings. The maximum absolute atomic E-state index is 4.80. The van der Waals surface area contributed by atoms with E-state index in [0.29, 0.717) is 6.54 Å². The van der Waals surface area contributed by atoms with Gasteiger partial charge in [-0.2, -0.15) is 0 Å². The third-order valence-electron chi connectivity index (χ3n) is 11.9. The Labute approximate surface area is 342 Å². The number of hydrogen-bond acceptors (Lipinski definition) is 2. The predicted molar refractivity (Wildman–Crippen MR) is 251 cm³/mol. The Balaban J connectivity index is 1.15. The molecule has 0 radical (unpaired) electrons. The van der Waals surface area contributed by atoms with Crippen LogP contribution >= 0.6 is 0 Å². The van der Waals surface area contributed by atoms with Crippen molar-refractivity contribution in [1.29, 1.82) is 0 Å². The standard InChI is InChI=1S/C55H40N4/c1-56-54(39-18-6-3-7-19-39)52(36-57-35-37-15-4-2-5-16-37)59-51-30-28-41(34-48(51)53-46-24-12-10-22-44(46)45-23-11-13-25-47(45)55(53)59)40-27-29-49-42(33-40)31-32-58(49)50-26-14-20-38-17-8-9-21-43(38)50/h2-34,57H,1,35-36H2/b54-52+. The summed E-state index contributed by atoms with van der Waals surface area (Å²) in [5, 5.41) is 14.8. The van der Waals surface area contributed by atoms with Crippen LogP contribution in [-0.2, 0) is 6.54 Å². The molecule has 0 aliphatic heterocycles. The van der Waals surface area contributed by atoms with Gasteiger partial charge in [0.15, 0.2) is 0 Å². The van der Waals surface area contributed by atoms with Gasteiger partial charge in [-0.1, -0.05) is 158 Å². The van der Waals surface area contributed by atoms with Crippen molar-refractivity contribution in [2.45, 2.75) is 6.54 Å². The highest BCUT2D eigenvalue weighted by atomic mass is 15.1. The first kappa shape index (κ1) is 34.7. The molecule has 2 heterocycles. The van der Waals surface area contributed by atoms with Crippen molar-refractivity contribution in [2.24, 2.45) is 4.99 Å². The Morgan fingerprint density at radius 3 is 1.92 bits per heavy atom. The molecule has 1 N–H and O–H groups in total. The number of fused-ring (bicyclic) bond motifs is 10. The van der Waals surface area contributed by atoms with E-state index in [1.54, 1.807) is 0 Å². The number of hydrogen-bond donors (Lipinski definition) is 1. The van der Waals surface area contributed by atoms with E-state index in [2.05, 4.69) is 221 Å². The fourth-order valence-electron chi connectivity index (χ4n) is 9.22. The Kier molecular flexibility index (Phi) is 8.49. The number of nitrogens with one attached hydrogen (secondary N) is 1. The SMILES string of the molecule is C=N/C(=C(\CNCc1ccccc1)n1c2ccc(-c3ccc4c(ccn4-c4cccc5ccccc45)c3)cc2c2c3ccccc3c3ccccc3c21)c1ccccc1. The summed E-state index contributed by atoms with van der Waals surface area (Å²) >= 11 is 0. The van der Waals surface area contributed by atoms with Crippen molar-refractivity contribution in [3.8, 4) is 16.8 Å². The van der Waals surface area contributed by atoms with Crippen molar-refractivity contribution in [2.75, 3.05) is 6.54 Å². The van der Waals surface area contributed by atoms with Gasteiger partial charge in [0, 0.05) is 51.8 Å². The molecule has 0 unspecified atom stereocenters. The van der Waals surface area contributed by atoms with Crippen LogP contribution in [0.25, 0.3) is 93.2 Å². The molecule has 0 aliphatic rings. The number of benzene rings is 9. The topological polar surface area (TPSA) is 34.2 Å². The molecule has 0 saturated heterocycles. The highest BCUT2D eigenvalue weighted by molar-refractivity contribution is 6.33. The van der Waals surface area contributed by atoms with Crippen LogP contribution in [0, 0.1) is 0 Å². The minimum atomic E-state index is 0.574. The molecule has 0 saturated carbocycles. The van der Waals surface area contributed by atoms with Crippen molar-refractivity contribution >= 4 is 83.1 Å². The van der Waals surface area contributed by atoms with E-state index in [9.17, 15) is 0 Å². The van der Waals surface area contributed by atoms with Crippen LogP contribution in [0.2, 0.25) is 0 Å². The third kappa shape index (κ3) is 5.84. The van der Waals surface area contributed by atoms with Crippen molar-refractivity contribution < 1.29 is 0 Å². The highest BCUT2D eigenvalue weighted by Crippen LogP contribution is 2.44. The maximum atomic E-state index is 4.80. The normalized spacial score (nSPS) is 12.3. The monoisotopic (exact) mass is 756 g/mol. The van der Waals surface area contributed by atoms with Gasteiger partial charge in [0.05, 0.1) is 33.6 Å². The second-order valence-corrected chi connectivity index (χ2v) is 15.2. The smallest absolute Gasteiger partial charge is 0.0906 e. The lowest BCUT2D eigenvalue weighted by Crippen LogP contribution is -2.20. The Morgan fingerprint density at radius 2 is 1.14 bits per heavy atom. The Morgan fingerprint density at radius 1 is 0.508 bits per heavy atom. The van der Waals surface area contributed by atoms with E-state index in [-0.39, 0.29) is 0 Å². The molecule has 0 bridgehead atoms. The summed E-state index contributed by atoms with van der Waals surface area (Å²) in [5.41, 5.74) is 11.2. The lowest BCUT2D eigenvalue weighted by molar-refractivity contribution is 0.755. The van der Waals surface area contributed by atoms with Crippen LogP contribution in [0.5, 0.6) is 0 Å². The lowest BCUT2D eigenvalue weighted by atomic mass is 9.95. The van der Waals surface area contributed by atoms with Gasteiger partial charge < -0.3 is 14.5 Å². The molecular weight excluding hydrogens is 717 g/mol. The molecule has 2 aromatic heterocycles. The van der Waals surface area contributed by atoms with Crippen LogP contribution in [0.15, 0.2) is 205 Å². The zero-order chi connectivity index (χ0) is 39.3. The van der Waals surface area contributed by atoms with Gasteiger partial charge in [0.2, 0.25) is 0 Å². The van der Waals surface area contributed by atoms with Gasteiger partial charge in [0.25, 0.3) is 0 Å². The fraction of sp³-hybridized carbons (Fsp3) is 0.0364. The first-order chi connectivity index (χ1) is 29.2. The molecule has 59 heavy (non-hydrogen) atoms. The molecule has 11 aromatic rings. The van der Waals surface area contributed by atoms with E-state index in [1.165, 1.54) is 81.9 Å². The number of aromatic nitrogens is 2. The summed E-state index contributed by atoms with van der Waals surface area (Å²) < 4.78 is 4.78. The minimum Gasteiger partial charge on any atom is -0.316 e. The van der Waals surface area contributed by atoms with Gasteiger partial charge in [0.1, 0.15) is 0 Å². The summed E-state index contributed by atoms with van der Waals surface area (Å²) in [6, 6.07) is 69.9. The Bertz CT molecular complexity index is 3420. The molecule has 11 rings (SSSR count). The number of nitrogens with zero attached hydrogens (tertiary/aromatic N) is 3. The first-order valence-electron chi connectivity index (χ1n) is 20.2. The van der Waals surface area contributed by atoms with Crippen LogP contribution in [-0.4, -0.2) is 22.4 Å². The van der Waals surface area contributed by atoms with Crippen molar-refractivity contribution in [1.82, 2.24) is 14.5 Å². The molecule has 4 heteroatoms. The van der Waals surface area contributed by atoms with E-state index in [1.807, 2.05) is 0 Å². The number of aliphatic imine (C=N–C) groups is 1. The average molecular weight is 757 g/mol. The quantitative estimate of drug-likeness (QED) is 0.115. The summed E-state index contributed by atoms with van der Waals surface area (Å²) in [6.45, 7) is 5.47. The van der Waals surface area contributed by atoms with E-state index >= 15 is 0 Å². The van der Waals surface area contributed by atoms with Crippen LogP contribution in [0.3, 0.4) is 0 Å². The lowest BCUT2D eigenvalue weighted by Gasteiger charge is -2.19. The molecule has 0 amide bonds. The molecule has 4 nitrogen and oxygen atoms in total. The number of rotatable bonds is 9. The second kappa shape index (κ2) is 14.4. The van der Waals surface area contributed by atoms with E-state index < -0.39 is 0 Å². The van der Waals surface area contributed by atoms with Crippen LogP contribution in [0.4, 0.5) is 0 Å². The summed E-state index contributed by atoms with van der Waals surface area (Å²) in [4.78, 5) is 4.80. The van der Waals surface area contributed by atoms with Gasteiger partial charge in [-0.3, -0.25) is 4.99 Å². The Hall–Kier alpha value is -7.53. The zero-order valence-corrected chi connectivity index (χ0v) is 32.5. The molecule has 0 atom stereocenters. The fourth-order valence-corrected chi connectivity index (χ4v) is 9.22. The summed E-state index contributed by atoms with van der Waals surface area (Å²) in [6.07, 6.45) is 2.20. The van der Waals surface area contributed by atoms with Gasteiger partial charge in [-0.15, -0.1) is 0 Å². The largest absolute Gasteiger partial charge is 0.316 e. The molecular formula is C55H40N4. The third-order valence-corrected chi connectivity index (χ3v) is 11.9. The minimum absolute atomic E-state index is 0.574. The van der Waals surface area contributed by atoms with Crippen LogP contribution < -0.4 is 5.32 Å². The van der Waals surface area contributed by atoms with E-state index in [0.717, 1.165) is 29.0 Å². The molecule has 9 aromatic carbocycles.